The van der Waals surface area contributed by atoms with Gasteiger partial charge in [-0.15, -0.1) is 11.3 Å². The van der Waals surface area contributed by atoms with Crippen LogP contribution in [0.2, 0.25) is 0 Å². The van der Waals surface area contributed by atoms with Gasteiger partial charge in [-0.1, -0.05) is 44.2 Å². The number of hydrogen-bond donors (Lipinski definition) is 1. The van der Waals surface area contributed by atoms with Crippen LogP contribution >= 0.6 is 11.3 Å². The molecule has 0 aliphatic carbocycles. The van der Waals surface area contributed by atoms with Gasteiger partial charge >= 0.3 is 5.69 Å². The Balaban J connectivity index is 1.96. The molecule has 27 heavy (non-hydrogen) atoms. The standard InChI is InChI=1S/C20H18N4O2S/c1-13(2)14-5-7-15(8-6-14)20(18-4-3-11-27-18)23-19-10-9-17(24(25)26)16(12-21)22-19/h3-11,13,20H,1-2H3,(H,22,23). The van der Waals surface area contributed by atoms with Gasteiger partial charge in [0, 0.05) is 10.9 Å². The summed E-state index contributed by atoms with van der Waals surface area (Å²) in [7, 11) is 0. The number of thiophene rings is 1. The van der Waals surface area contributed by atoms with Gasteiger partial charge in [0.2, 0.25) is 5.69 Å². The molecule has 2 heterocycles. The highest BCUT2D eigenvalue weighted by molar-refractivity contribution is 7.10. The Hall–Kier alpha value is -3.24. The molecule has 3 aromatic rings. The van der Waals surface area contributed by atoms with Gasteiger partial charge in [-0.3, -0.25) is 10.1 Å². The average Bonchev–Trinajstić information content (AvgIpc) is 3.20. The third-order valence-corrected chi connectivity index (χ3v) is 5.17. The van der Waals surface area contributed by atoms with E-state index < -0.39 is 4.92 Å². The summed E-state index contributed by atoms with van der Waals surface area (Å²) in [5.41, 5.74) is 1.81. The summed E-state index contributed by atoms with van der Waals surface area (Å²) in [6, 6.07) is 16.8. The third kappa shape index (κ3) is 4.13. The number of anilines is 1. The molecule has 0 spiro atoms. The zero-order chi connectivity index (χ0) is 19.4. The summed E-state index contributed by atoms with van der Waals surface area (Å²) in [6.45, 7) is 4.29. The molecule has 136 valence electrons. The second-order valence-electron chi connectivity index (χ2n) is 6.35. The molecule has 1 atom stereocenters. The van der Waals surface area contributed by atoms with Crippen LogP contribution in [0.1, 0.15) is 47.5 Å². The first-order valence-electron chi connectivity index (χ1n) is 8.45. The number of aromatic nitrogens is 1. The van der Waals surface area contributed by atoms with Crippen molar-refractivity contribution in [3.8, 4) is 6.07 Å². The van der Waals surface area contributed by atoms with Crippen molar-refractivity contribution < 1.29 is 4.92 Å². The highest BCUT2D eigenvalue weighted by atomic mass is 32.1. The SMILES string of the molecule is CC(C)c1ccc(C(Nc2ccc([N+](=O)[O-])c(C#N)n2)c2cccs2)cc1. The molecular weight excluding hydrogens is 360 g/mol. The predicted octanol–water partition coefficient (Wildman–Crippen LogP) is 5.25. The van der Waals surface area contributed by atoms with Crippen molar-refractivity contribution in [2.75, 3.05) is 5.32 Å². The lowest BCUT2D eigenvalue weighted by Crippen LogP contribution is -2.13. The van der Waals surface area contributed by atoms with E-state index in [-0.39, 0.29) is 17.4 Å². The molecular formula is C20H18N4O2S. The summed E-state index contributed by atoms with van der Waals surface area (Å²) in [5, 5.41) is 25.5. The van der Waals surface area contributed by atoms with Gasteiger partial charge in [0.15, 0.2) is 0 Å². The number of rotatable bonds is 6. The van der Waals surface area contributed by atoms with Crippen molar-refractivity contribution in [1.82, 2.24) is 4.98 Å². The maximum Gasteiger partial charge on any atom is 0.305 e. The van der Waals surface area contributed by atoms with Gasteiger partial charge in [0.1, 0.15) is 11.9 Å². The van der Waals surface area contributed by atoms with Crippen LogP contribution in [0.3, 0.4) is 0 Å². The van der Waals surface area contributed by atoms with Crippen LogP contribution in [-0.4, -0.2) is 9.91 Å². The van der Waals surface area contributed by atoms with Gasteiger partial charge in [-0.05, 0) is 34.6 Å². The van der Waals surface area contributed by atoms with Gasteiger partial charge < -0.3 is 5.32 Å². The van der Waals surface area contributed by atoms with Crippen molar-refractivity contribution in [3.05, 3.63) is 85.7 Å². The van der Waals surface area contributed by atoms with Crippen LogP contribution in [0, 0.1) is 21.4 Å². The summed E-state index contributed by atoms with van der Waals surface area (Å²) in [5.74, 6) is 0.866. The Morgan fingerprint density at radius 1 is 1.15 bits per heavy atom. The Labute approximate surface area is 161 Å². The topological polar surface area (TPSA) is 91.9 Å². The summed E-state index contributed by atoms with van der Waals surface area (Å²) in [6.07, 6.45) is 0. The zero-order valence-corrected chi connectivity index (χ0v) is 15.7. The van der Waals surface area contributed by atoms with Crippen molar-refractivity contribution in [3.63, 3.8) is 0 Å². The number of benzene rings is 1. The molecule has 2 aromatic heterocycles. The molecule has 0 amide bonds. The van der Waals surface area contributed by atoms with E-state index in [9.17, 15) is 10.1 Å². The van der Waals surface area contributed by atoms with Gasteiger partial charge in [0.25, 0.3) is 0 Å². The van der Waals surface area contributed by atoms with Gasteiger partial charge in [0.05, 0.1) is 11.0 Å². The molecule has 6 nitrogen and oxygen atoms in total. The number of hydrogen-bond acceptors (Lipinski definition) is 6. The number of nitrogens with one attached hydrogen (secondary N) is 1. The summed E-state index contributed by atoms with van der Waals surface area (Å²) in [4.78, 5) is 15.6. The van der Waals surface area contributed by atoms with E-state index in [1.165, 1.54) is 17.7 Å². The fourth-order valence-electron chi connectivity index (χ4n) is 2.76. The number of nitriles is 1. The monoisotopic (exact) mass is 378 g/mol. The number of nitrogens with zero attached hydrogens (tertiary/aromatic N) is 3. The lowest BCUT2D eigenvalue weighted by Gasteiger charge is -2.19. The van der Waals surface area contributed by atoms with E-state index in [1.807, 2.05) is 17.5 Å². The first-order valence-corrected chi connectivity index (χ1v) is 9.33. The fraction of sp³-hybridized carbons (Fsp3) is 0.200. The highest BCUT2D eigenvalue weighted by Crippen LogP contribution is 2.31. The first-order chi connectivity index (χ1) is 13.0. The highest BCUT2D eigenvalue weighted by Gasteiger charge is 2.19. The summed E-state index contributed by atoms with van der Waals surface area (Å²) >= 11 is 1.61. The number of nitro groups is 1. The van der Waals surface area contributed by atoms with Crippen LogP contribution < -0.4 is 5.32 Å². The van der Waals surface area contributed by atoms with Crippen LogP contribution in [0.15, 0.2) is 53.9 Å². The van der Waals surface area contributed by atoms with Crippen molar-refractivity contribution in [1.29, 1.82) is 5.26 Å². The molecule has 0 aliphatic heterocycles. The van der Waals surface area contributed by atoms with E-state index in [0.29, 0.717) is 11.7 Å². The van der Waals surface area contributed by atoms with Crippen LogP contribution in [0.25, 0.3) is 0 Å². The normalized spacial score (nSPS) is 11.8. The minimum Gasteiger partial charge on any atom is -0.358 e. The van der Waals surface area contributed by atoms with Crippen molar-refractivity contribution in [2.24, 2.45) is 0 Å². The van der Waals surface area contributed by atoms with Crippen LogP contribution in [-0.2, 0) is 0 Å². The van der Waals surface area contributed by atoms with Gasteiger partial charge in [-0.25, -0.2) is 4.98 Å². The second-order valence-corrected chi connectivity index (χ2v) is 7.33. The molecule has 7 heteroatoms. The molecule has 0 bridgehead atoms. The molecule has 1 aromatic carbocycles. The molecule has 0 radical (unpaired) electrons. The van der Waals surface area contributed by atoms with Gasteiger partial charge in [-0.2, -0.15) is 5.26 Å². The average molecular weight is 378 g/mol. The molecule has 0 saturated heterocycles. The Morgan fingerprint density at radius 3 is 2.41 bits per heavy atom. The molecule has 1 N–H and O–H groups in total. The molecule has 0 aliphatic rings. The van der Waals surface area contributed by atoms with E-state index in [0.717, 1.165) is 10.4 Å². The van der Waals surface area contributed by atoms with E-state index in [1.54, 1.807) is 17.4 Å². The smallest absolute Gasteiger partial charge is 0.305 e. The van der Waals surface area contributed by atoms with E-state index in [4.69, 9.17) is 5.26 Å². The maximum absolute atomic E-state index is 11.0. The van der Waals surface area contributed by atoms with E-state index >= 15 is 0 Å². The first kappa shape index (κ1) is 18.5. The molecule has 3 rings (SSSR count). The van der Waals surface area contributed by atoms with Crippen LogP contribution in [0.5, 0.6) is 0 Å². The Morgan fingerprint density at radius 2 is 1.85 bits per heavy atom. The van der Waals surface area contributed by atoms with Crippen LogP contribution in [0.4, 0.5) is 11.5 Å². The molecule has 0 fully saturated rings. The number of pyridine rings is 1. The van der Waals surface area contributed by atoms with Crippen molar-refractivity contribution >= 4 is 22.8 Å². The quantitative estimate of drug-likeness (QED) is 0.467. The lowest BCUT2D eigenvalue weighted by molar-refractivity contribution is -0.385. The second kappa shape index (κ2) is 7.98. The molecule has 0 saturated carbocycles. The third-order valence-electron chi connectivity index (χ3n) is 4.23. The van der Waals surface area contributed by atoms with Crippen molar-refractivity contribution in [2.45, 2.75) is 25.8 Å². The largest absolute Gasteiger partial charge is 0.358 e. The minimum atomic E-state index is -0.600. The Bertz CT molecular complexity index is 976. The summed E-state index contributed by atoms with van der Waals surface area (Å²) < 4.78 is 0. The Kier molecular flexibility index (Phi) is 5.48. The fourth-order valence-corrected chi connectivity index (χ4v) is 3.56. The maximum atomic E-state index is 11.0. The zero-order valence-electron chi connectivity index (χ0n) is 14.9. The minimum absolute atomic E-state index is 0.160. The molecule has 1 unspecified atom stereocenters. The van der Waals surface area contributed by atoms with E-state index in [2.05, 4.69) is 48.4 Å². The predicted molar refractivity (Wildman–Crippen MR) is 106 cm³/mol. The lowest BCUT2D eigenvalue weighted by atomic mass is 9.98.